The fourth-order valence-electron chi connectivity index (χ4n) is 2.67. The molecule has 3 rings (SSSR count). The molecule has 1 aromatic heterocycles. The van der Waals surface area contributed by atoms with E-state index in [2.05, 4.69) is 0 Å². The number of likely N-dealkylation sites (tertiary alicyclic amines) is 1. The fourth-order valence-corrected chi connectivity index (χ4v) is 3.54. The molecule has 3 nitrogen and oxygen atoms in total. The number of amides is 1. The first-order chi connectivity index (χ1) is 10.1. The van der Waals surface area contributed by atoms with E-state index in [9.17, 15) is 13.6 Å². The third-order valence-electron chi connectivity index (χ3n) is 3.70. The van der Waals surface area contributed by atoms with Crippen molar-refractivity contribution in [2.24, 2.45) is 0 Å². The molecule has 1 aliphatic heterocycles. The summed E-state index contributed by atoms with van der Waals surface area (Å²) in [5.74, 6) is -2.15. The molecule has 0 radical (unpaired) electrons. The van der Waals surface area contributed by atoms with Crippen molar-refractivity contribution in [2.45, 2.75) is 18.9 Å². The van der Waals surface area contributed by atoms with Crippen LogP contribution in [0.15, 0.2) is 29.6 Å². The Kier molecular flexibility index (Phi) is 3.63. The Hall–Kier alpha value is -1.95. The van der Waals surface area contributed by atoms with Gasteiger partial charge in [0, 0.05) is 17.5 Å². The van der Waals surface area contributed by atoms with Crippen molar-refractivity contribution in [3.8, 4) is 0 Å². The minimum absolute atomic E-state index is 0.0387. The zero-order valence-corrected chi connectivity index (χ0v) is 12.0. The van der Waals surface area contributed by atoms with Crippen LogP contribution in [-0.2, 0) is 0 Å². The van der Waals surface area contributed by atoms with Gasteiger partial charge >= 0.3 is 0 Å². The van der Waals surface area contributed by atoms with Crippen molar-refractivity contribution in [1.29, 1.82) is 0 Å². The second-order valence-electron chi connectivity index (χ2n) is 5.03. The molecule has 2 heterocycles. The van der Waals surface area contributed by atoms with Crippen molar-refractivity contribution in [2.75, 3.05) is 12.3 Å². The Morgan fingerprint density at radius 2 is 2.14 bits per heavy atom. The normalized spacial score (nSPS) is 18.2. The predicted octanol–water partition coefficient (Wildman–Crippen LogP) is 3.59. The van der Waals surface area contributed by atoms with Crippen molar-refractivity contribution in [3.63, 3.8) is 0 Å². The summed E-state index contributed by atoms with van der Waals surface area (Å²) in [6, 6.07) is 5.60. The number of carbonyl (C=O) groups is 1. The summed E-state index contributed by atoms with van der Waals surface area (Å²) < 4.78 is 27.1. The lowest BCUT2D eigenvalue weighted by molar-refractivity contribution is 0.0733. The predicted molar refractivity (Wildman–Crippen MR) is 78.1 cm³/mol. The van der Waals surface area contributed by atoms with Gasteiger partial charge in [0.15, 0.2) is 0 Å². The zero-order valence-electron chi connectivity index (χ0n) is 11.2. The molecule has 1 aromatic carbocycles. The highest BCUT2D eigenvalue weighted by molar-refractivity contribution is 7.10. The van der Waals surface area contributed by atoms with Gasteiger partial charge in [-0.15, -0.1) is 11.3 Å². The molecule has 1 saturated heterocycles. The van der Waals surface area contributed by atoms with Gasteiger partial charge in [-0.3, -0.25) is 4.79 Å². The third-order valence-corrected chi connectivity index (χ3v) is 4.68. The Labute approximate surface area is 125 Å². The number of nitrogen functional groups attached to an aromatic ring is 1. The number of benzene rings is 1. The number of hydrogen-bond acceptors (Lipinski definition) is 3. The summed E-state index contributed by atoms with van der Waals surface area (Å²) in [6.45, 7) is 0.568. The monoisotopic (exact) mass is 308 g/mol. The first-order valence-electron chi connectivity index (χ1n) is 6.67. The summed E-state index contributed by atoms with van der Waals surface area (Å²) >= 11 is 1.57. The lowest BCUT2D eigenvalue weighted by Gasteiger charge is -2.24. The van der Waals surface area contributed by atoms with Gasteiger partial charge in [-0.05, 0) is 30.4 Å². The average Bonchev–Trinajstić information content (AvgIpc) is 3.11. The van der Waals surface area contributed by atoms with Gasteiger partial charge in [0.1, 0.15) is 11.6 Å². The van der Waals surface area contributed by atoms with Crippen molar-refractivity contribution < 1.29 is 13.6 Å². The quantitative estimate of drug-likeness (QED) is 0.862. The minimum atomic E-state index is -0.872. The molecule has 21 heavy (non-hydrogen) atoms. The van der Waals surface area contributed by atoms with Gasteiger partial charge in [-0.25, -0.2) is 8.78 Å². The van der Waals surface area contributed by atoms with Crippen LogP contribution in [0.3, 0.4) is 0 Å². The molecular formula is C15H14F2N2OS. The SMILES string of the molecule is Nc1cc(C(=O)N2CCCC2c2cccs2)c(F)cc1F. The Balaban J connectivity index is 1.93. The van der Waals surface area contributed by atoms with Crippen LogP contribution < -0.4 is 5.73 Å². The fraction of sp³-hybridized carbons (Fsp3) is 0.267. The summed E-state index contributed by atoms with van der Waals surface area (Å²) in [4.78, 5) is 15.3. The van der Waals surface area contributed by atoms with E-state index in [1.54, 1.807) is 16.2 Å². The summed E-state index contributed by atoms with van der Waals surface area (Å²) in [5, 5.41) is 1.95. The molecule has 2 aromatic rings. The van der Waals surface area contributed by atoms with Crippen LogP contribution in [0.1, 0.15) is 34.1 Å². The van der Waals surface area contributed by atoms with Gasteiger partial charge in [-0.2, -0.15) is 0 Å². The van der Waals surface area contributed by atoms with E-state index in [4.69, 9.17) is 5.73 Å². The maximum absolute atomic E-state index is 13.9. The molecule has 2 N–H and O–H groups in total. The highest BCUT2D eigenvalue weighted by Crippen LogP contribution is 2.36. The van der Waals surface area contributed by atoms with Crippen LogP contribution in [0.2, 0.25) is 0 Å². The molecule has 1 atom stereocenters. The van der Waals surface area contributed by atoms with Crippen LogP contribution in [0, 0.1) is 11.6 Å². The maximum Gasteiger partial charge on any atom is 0.257 e. The number of hydrogen-bond donors (Lipinski definition) is 1. The maximum atomic E-state index is 13.9. The van der Waals surface area contributed by atoms with Gasteiger partial charge in [0.05, 0.1) is 17.3 Å². The van der Waals surface area contributed by atoms with E-state index in [1.165, 1.54) is 0 Å². The Morgan fingerprint density at radius 1 is 1.33 bits per heavy atom. The lowest BCUT2D eigenvalue weighted by Crippen LogP contribution is -2.31. The van der Waals surface area contributed by atoms with Crippen LogP contribution in [0.4, 0.5) is 14.5 Å². The average molecular weight is 308 g/mol. The molecule has 1 amide bonds. The molecule has 1 unspecified atom stereocenters. The van der Waals surface area contributed by atoms with Crippen LogP contribution in [0.5, 0.6) is 0 Å². The Bertz CT molecular complexity index is 673. The summed E-state index contributed by atoms with van der Waals surface area (Å²) in [7, 11) is 0. The number of halogens is 2. The third kappa shape index (κ3) is 2.51. The largest absolute Gasteiger partial charge is 0.396 e. The van der Waals surface area contributed by atoms with Gasteiger partial charge in [0.25, 0.3) is 5.91 Å². The number of rotatable bonds is 2. The van der Waals surface area contributed by atoms with E-state index in [0.29, 0.717) is 12.6 Å². The first kappa shape index (κ1) is 14.0. The standard InChI is InChI=1S/C15H14F2N2OS/c16-10-8-11(17)12(18)7-9(10)15(20)19-5-1-3-13(19)14-4-2-6-21-14/h2,4,6-8,13H,1,3,5,18H2. The van der Waals surface area contributed by atoms with Crippen molar-refractivity contribution in [3.05, 3.63) is 51.7 Å². The number of nitrogens with zero attached hydrogens (tertiary/aromatic N) is 1. The highest BCUT2D eigenvalue weighted by Gasteiger charge is 2.32. The minimum Gasteiger partial charge on any atom is -0.396 e. The van der Waals surface area contributed by atoms with Crippen LogP contribution in [0.25, 0.3) is 0 Å². The molecule has 110 valence electrons. The van der Waals surface area contributed by atoms with Gasteiger partial charge < -0.3 is 10.6 Å². The number of anilines is 1. The van der Waals surface area contributed by atoms with E-state index in [1.807, 2.05) is 17.5 Å². The van der Waals surface area contributed by atoms with E-state index in [0.717, 1.165) is 23.8 Å². The van der Waals surface area contributed by atoms with Crippen molar-refractivity contribution in [1.82, 2.24) is 4.90 Å². The van der Waals surface area contributed by atoms with Gasteiger partial charge in [0.2, 0.25) is 0 Å². The number of thiophene rings is 1. The molecule has 0 spiro atoms. The zero-order chi connectivity index (χ0) is 15.0. The number of nitrogens with two attached hydrogens (primary N) is 1. The summed E-state index contributed by atoms with van der Waals surface area (Å²) in [6.07, 6.45) is 1.72. The molecule has 0 saturated carbocycles. The molecule has 0 bridgehead atoms. The van der Waals surface area contributed by atoms with Crippen LogP contribution >= 0.6 is 11.3 Å². The molecule has 0 aliphatic carbocycles. The number of carbonyl (C=O) groups excluding carboxylic acids is 1. The van der Waals surface area contributed by atoms with E-state index >= 15 is 0 Å². The highest BCUT2D eigenvalue weighted by atomic mass is 32.1. The topological polar surface area (TPSA) is 46.3 Å². The molecular weight excluding hydrogens is 294 g/mol. The van der Waals surface area contributed by atoms with E-state index in [-0.39, 0.29) is 17.3 Å². The van der Waals surface area contributed by atoms with Crippen LogP contribution in [-0.4, -0.2) is 17.4 Å². The van der Waals surface area contributed by atoms with E-state index < -0.39 is 17.5 Å². The van der Waals surface area contributed by atoms with Gasteiger partial charge in [-0.1, -0.05) is 6.07 Å². The second-order valence-corrected chi connectivity index (χ2v) is 6.00. The molecule has 1 aliphatic rings. The second kappa shape index (κ2) is 5.44. The van der Waals surface area contributed by atoms with Crippen molar-refractivity contribution >= 4 is 22.9 Å². The smallest absolute Gasteiger partial charge is 0.257 e. The lowest BCUT2D eigenvalue weighted by atomic mass is 10.1. The first-order valence-corrected chi connectivity index (χ1v) is 7.55. The Morgan fingerprint density at radius 3 is 2.86 bits per heavy atom. The molecule has 1 fully saturated rings. The molecule has 6 heteroatoms. The summed E-state index contributed by atoms with van der Waals surface area (Å²) in [5.41, 5.74) is 5.06.